The zero-order valence-electron chi connectivity index (χ0n) is 14.4. The predicted octanol–water partition coefficient (Wildman–Crippen LogP) is 3.57. The molecule has 0 aliphatic carbocycles. The average molecular weight is 342 g/mol. The molecule has 0 bridgehead atoms. The summed E-state index contributed by atoms with van der Waals surface area (Å²) >= 11 is 0. The summed E-state index contributed by atoms with van der Waals surface area (Å²) in [6.45, 7) is 0.421. The zero-order valence-corrected chi connectivity index (χ0v) is 14.4. The van der Waals surface area contributed by atoms with E-state index in [1.165, 1.54) is 0 Å². The molecule has 0 aliphatic heterocycles. The number of nitrogens with one attached hydrogen (secondary N) is 1. The molecule has 0 saturated carbocycles. The van der Waals surface area contributed by atoms with Crippen molar-refractivity contribution in [2.75, 3.05) is 0 Å². The van der Waals surface area contributed by atoms with Gasteiger partial charge >= 0.3 is 0 Å². The lowest BCUT2D eigenvalue weighted by Gasteiger charge is -2.08. The zero-order chi connectivity index (χ0) is 17.9. The van der Waals surface area contributed by atoms with Crippen molar-refractivity contribution in [3.8, 4) is 11.3 Å². The number of aryl methyl sites for hydroxylation is 1. The number of carbonyl (C=O) groups excluding carboxylic acids is 1. The Balaban J connectivity index is 1.49. The Morgan fingerprint density at radius 3 is 2.69 bits per heavy atom. The van der Waals surface area contributed by atoms with E-state index >= 15 is 0 Å². The van der Waals surface area contributed by atoms with E-state index in [9.17, 15) is 4.79 Å². The molecule has 2 aromatic heterocycles. The van der Waals surface area contributed by atoms with Gasteiger partial charge in [0.1, 0.15) is 0 Å². The van der Waals surface area contributed by atoms with E-state index in [0.29, 0.717) is 12.1 Å². The van der Waals surface area contributed by atoms with Gasteiger partial charge in [-0.3, -0.25) is 14.5 Å². The standard InChI is InChI=1S/C21H18N4O/c1-25-20(8-9-24-25)19-10-15(12-22-14-19)13-23-21(26)18-7-6-16-4-2-3-5-17(16)11-18/h2-12,14H,13H2,1H3,(H,23,26). The second-order valence-corrected chi connectivity index (χ2v) is 6.17. The minimum Gasteiger partial charge on any atom is -0.348 e. The molecule has 0 spiro atoms. The molecular formula is C21H18N4O. The molecule has 5 heteroatoms. The molecule has 1 N–H and O–H groups in total. The van der Waals surface area contributed by atoms with Gasteiger partial charge in [-0.15, -0.1) is 0 Å². The van der Waals surface area contributed by atoms with Crippen molar-refractivity contribution >= 4 is 16.7 Å². The topological polar surface area (TPSA) is 59.8 Å². The first-order chi connectivity index (χ1) is 12.7. The maximum atomic E-state index is 12.5. The van der Waals surface area contributed by atoms with E-state index in [-0.39, 0.29) is 5.91 Å². The van der Waals surface area contributed by atoms with E-state index < -0.39 is 0 Å². The van der Waals surface area contributed by atoms with E-state index in [2.05, 4.69) is 15.4 Å². The summed E-state index contributed by atoms with van der Waals surface area (Å²) in [5.74, 6) is -0.0957. The summed E-state index contributed by atoms with van der Waals surface area (Å²) in [5.41, 5.74) is 3.56. The third-order valence-corrected chi connectivity index (χ3v) is 4.38. The molecule has 0 unspecified atom stereocenters. The molecular weight excluding hydrogens is 324 g/mol. The molecule has 2 heterocycles. The summed E-state index contributed by atoms with van der Waals surface area (Å²) < 4.78 is 1.80. The van der Waals surface area contributed by atoms with E-state index in [1.807, 2.05) is 61.6 Å². The number of hydrogen-bond acceptors (Lipinski definition) is 3. The van der Waals surface area contributed by atoms with Gasteiger partial charge in [0, 0.05) is 43.3 Å². The van der Waals surface area contributed by atoms with Crippen molar-refractivity contribution in [2.45, 2.75) is 6.54 Å². The second-order valence-electron chi connectivity index (χ2n) is 6.17. The number of fused-ring (bicyclic) bond motifs is 1. The highest BCUT2D eigenvalue weighted by atomic mass is 16.1. The average Bonchev–Trinajstić information content (AvgIpc) is 3.12. The van der Waals surface area contributed by atoms with Crippen LogP contribution in [0, 0.1) is 0 Å². The Kier molecular flexibility index (Phi) is 4.19. The lowest BCUT2D eigenvalue weighted by Crippen LogP contribution is -2.22. The molecule has 2 aromatic carbocycles. The normalized spacial score (nSPS) is 10.8. The van der Waals surface area contributed by atoms with Gasteiger partial charge in [0.25, 0.3) is 5.91 Å². The van der Waals surface area contributed by atoms with Crippen molar-refractivity contribution in [2.24, 2.45) is 7.05 Å². The number of pyridine rings is 1. The molecule has 0 radical (unpaired) electrons. The van der Waals surface area contributed by atoms with Crippen LogP contribution in [0.3, 0.4) is 0 Å². The van der Waals surface area contributed by atoms with Gasteiger partial charge in [-0.1, -0.05) is 30.3 Å². The minimum absolute atomic E-state index is 0.0957. The van der Waals surface area contributed by atoms with Crippen LogP contribution in [-0.4, -0.2) is 20.7 Å². The largest absolute Gasteiger partial charge is 0.348 e. The molecule has 4 aromatic rings. The molecule has 0 atom stereocenters. The number of amides is 1. The lowest BCUT2D eigenvalue weighted by molar-refractivity contribution is 0.0951. The van der Waals surface area contributed by atoms with Crippen molar-refractivity contribution < 1.29 is 4.79 Å². The fraction of sp³-hybridized carbons (Fsp3) is 0.0952. The molecule has 0 aliphatic rings. The summed E-state index contributed by atoms with van der Waals surface area (Å²) in [7, 11) is 1.89. The highest BCUT2D eigenvalue weighted by molar-refractivity contribution is 5.98. The Labute approximate surface area is 151 Å². The molecule has 26 heavy (non-hydrogen) atoms. The summed E-state index contributed by atoms with van der Waals surface area (Å²) in [6, 6.07) is 17.7. The van der Waals surface area contributed by atoms with Crippen LogP contribution in [0.15, 0.2) is 73.2 Å². The van der Waals surface area contributed by atoms with Crippen LogP contribution in [0.2, 0.25) is 0 Å². The first-order valence-corrected chi connectivity index (χ1v) is 8.40. The summed E-state index contributed by atoms with van der Waals surface area (Å²) in [6.07, 6.45) is 5.32. The maximum absolute atomic E-state index is 12.5. The molecule has 1 amide bonds. The van der Waals surface area contributed by atoms with Crippen LogP contribution < -0.4 is 5.32 Å². The summed E-state index contributed by atoms with van der Waals surface area (Å²) in [5, 5.41) is 9.32. The van der Waals surface area contributed by atoms with Gasteiger partial charge in [0.05, 0.1) is 5.69 Å². The predicted molar refractivity (Wildman–Crippen MR) is 102 cm³/mol. The lowest BCUT2D eigenvalue weighted by atomic mass is 10.1. The second kappa shape index (κ2) is 6.80. The first-order valence-electron chi connectivity index (χ1n) is 8.40. The van der Waals surface area contributed by atoms with Crippen molar-refractivity contribution in [3.05, 3.63) is 84.3 Å². The van der Waals surface area contributed by atoms with Gasteiger partial charge < -0.3 is 5.32 Å². The van der Waals surface area contributed by atoms with Gasteiger partial charge in [-0.05, 0) is 40.6 Å². The summed E-state index contributed by atoms with van der Waals surface area (Å²) in [4.78, 5) is 16.8. The number of carbonyl (C=O) groups is 1. The number of aromatic nitrogens is 3. The molecule has 0 saturated heterocycles. The molecule has 0 fully saturated rings. The van der Waals surface area contributed by atoms with Crippen LogP contribution in [0.1, 0.15) is 15.9 Å². The van der Waals surface area contributed by atoms with Crippen LogP contribution in [0.4, 0.5) is 0 Å². The fourth-order valence-electron chi connectivity index (χ4n) is 3.00. The third-order valence-electron chi connectivity index (χ3n) is 4.38. The number of nitrogens with zero attached hydrogens (tertiary/aromatic N) is 3. The Bertz CT molecular complexity index is 1080. The van der Waals surface area contributed by atoms with Gasteiger partial charge in [0.15, 0.2) is 0 Å². The minimum atomic E-state index is -0.0957. The van der Waals surface area contributed by atoms with Gasteiger partial charge in [0.2, 0.25) is 0 Å². The number of benzene rings is 2. The Morgan fingerprint density at radius 2 is 1.88 bits per heavy atom. The Morgan fingerprint density at radius 1 is 1.04 bits per heavy atom. The highest BCUT2D eigenvalue weighted by Gasteiger charge is 2.08. The molecule has 128 valence electrons. The number of rotatable bonds is 4. The van der Waals surface area contributed by atoms with Gasteiger partial charge in [-0.2, -0.15) is 5.10 Å². The third kappa shape index (κ3) is 3.19. The molecule has 5 nitrogen and oxygen atoms in total. The quantitative estimate of drug-likeness (QED) is 0.617. The van der Waals surface area contributed by atoms with Crippen molar-refractivity contribution in [3.63, 3.8) is 0 Å². The monoisotopic (exact) mass is 342 g/mol. The Hall–Kier alpha value is -3.47. The SMILES string of the molecule is Cn1nccc1-c1cncc(CNC(=O)c2ccc3ccccc3c2)c1. The highest BCUT2D eigenvalue weighted by Crippen LogP contribution is 2.18. The van der Waals surface area contributed by atoms with Gasteiger partial charge in [-0.25, -0.2) is 0 Å². The molecule has 4 rings (SSSR count). The van der Waals surface area contributed by atoms with Crippen LogP contribution in [-0.2, 0) is 13.6 Å². The maximum Gasteiger partial charge on any atom is 0.251 e. The van der Waals surface area contributed by atoms with Crippen LogP contribution in [0.5, 0.6) is 0 Å². The number of hydrogen-bond donors (Lipinski definition) is 1. The van der Waals surface area contributed by atoms with E-state index in [1.54, 1.807) is 23.3 Å². The van der Waals surface area contributed by atoms with Crippen molar-refractivity contribution in [1.29, 1.82) is 0 Å². The first kappa shape index (κ1) is 16.0. The fourth-order valence-corrected chi connectivity index (χ4v) is 3.00. The van der Waals surface area contributed by atoms with E-state index in [4.69, 9.17) is 0 Å². The van der Waals surface area contributed by atoms with Crippen molar-refractivity contribution in [1.82, 2.24) is 20.1 Å². The van der Waals surface area contributed by atoms with Crippen LogP contribution in [0.25, 0.3) is 22.0 Å². The van der Waals surface area contributed by atoms with E-state index in [0.717, 1.165) is 27.6 Å². The smallest absolute Gasteiger partial charge is 0.251 e. The van der Waals surface area contributed by atoms with Crippen LogP contribution >= 0.6 is 0 Å².